The van der Waals surface area contributed by atoms with Gasteiger partial charge in [0.2, 0.25) is 5.91 Å². The molecule has 3 rings (SSSR count). The number of hydrogen-bond acceptors (Lipinski definition) is 5. The zero-order valence-electron chi connectivity index (χ0n) is 15.1. The monoisotopic (exact) mass is 367 g/mol. The highest BCUT2D eigenvalue weighted by Gasteiger charge is 2.08. The molecule has 0 fully saturated rings. The molecule has 7 nitrogen and oxygen atoms in total. The lowest BCUT2D eigenvalue weighted by atomic mass is 10.2. The molecule has 2 aromatic carbocycles. The standard InChI is InChI=1S/C20H21N3O4/c1-2-26-16-7-9-17(10-8-16)27-12-11-21-19(24)14-23-20(25)18-6-4-3-5-15(18)13-22-23/h3-10,13H,2,11-12,14H2,1H3,(H,21,24). The molecule has 3 aromatic rings. The summed E-state index contributed by atoms with van der Waals surface area (Å²) in [4.78, 5) is 24.4. The third kappa shape index (κ3) is 4.84. The number of fused-ring (bicyclic) bond motifs is 1. The van der Waals surface area contributed by atoms with Gasteiger partial charge in [-0.05, 0) is 37.3 Å². The highest BCUT2D eigenvalue weighted by atomic mass is 16.5. The minimum Gasteiger partial charge on any atom is -0.494 e. The highest BCUT2D eigenvalue weighted by molar-refractivity contribution is 5.81. The second-order valence-electron chi connectivity index (χ2n) is 5.80. The highest BCUT2D eigenvalue weighted by Crippen LogP contribution is 2.17. The van der Waals surface area contributed by atoms with Gasteiger partial charge in [0.15, 0.2) is 0 Å². The van der Waals surface area contributed by atoms with E-state index in [1.807, 2.05) is 43.3 Å². The van der Waals surface area contributed by atoms with Gasteiger partial charge in [-0.15, -0.1) is 0 Å². The van der Waals surface area contributed by atoms with E-state index in [1.54, 1.807) is 18.3 Å². The Balaban J connectivity index is 1.47. The van der Waals surface area contributed by atoms with E-state index in [0.29, 0.717) is 30.9 Å². The van der Waals surface area contributed by atoms with Crippen LogP contribution in [0.3, 0.4) is 0 Å². The molecule has 7 heteroatoms. The van der Waals surface area contributed by atoms with Crippen LogP contribution in [0, 0.1) is 0 Å². The Morgan fingerprint density at radius 3 is 2.52 bits per heavy atom. The van der Waals surface area contributed by atoms with Crippen molar-refractivity contribution in [1.82, 2.24) is 15.1 Å². The van der Waals surface area contributed by atoms with Crippen LogP contribution < -0.4 is 20.3 Å². The summed E-state index contributed by atoms with van der Waals surface area (Å²) in [5.41, 5.74) is -0.283. The molecule has 27 heavy (non-hydrogen) atoms. The SMILES string of the molecule is CCOc1ccc(OCCNC(=O)Cn2ncc3ccccc3c2=O)cc1. The first kappa shape index (κ1) is 18.4. The second kappa shape index (κ2) is 8.84. The van der Waals surface area contributed by atoms with Crippen LogP contribution in [0.25, 0.3) is 10.8 Å². The molecule has 0 aliphatic rings. The largest absolute Gasteiger partial charge is 0.494 e. The maximum absolute atomic E-state index is 12.3. The number of nitrogens with one attached hydrogen (secondary N) is 1. The van der Waals surface area contributed by atoms with Gasteiger partial charge in [0.25, 0.3) is 5.56 Å². The topological polar surface area (TPSA) is 82.4 Å². The average Bonchev–Trinajstić information content (AvgIpc) is 2.69. The van der Waals surface area contributed by atoms with E-state index < -0.39 is 0 Å². The molecule has 0 aliphatic heterocycles. The summed E-state index contributed by atoms with van der Waals surface area (Å²) in [6.45, 7) is 3.05. The van der Waals surface area contributed by atoms with Gasteiger partial charge in [-0.25, -0.2) is 4.68 Å². The average molecular weight is 367 g/mol. The van der Waals surface area contributed by atoms with Gasteiger partial charge in [-0.2, -0.15) is 5.10 Å². The van der Waals surface area contributed by atoms with Crippen molar-refractivity contribution in [2.45, 2.75) is 13.5 Å². The molecule has 1 amide bonds. The van der Waals surface area contributed by atoms with Crippen molar-refractivity contribution in [3.63, 3.8) is 0 Å². The van der Waals surface area contributed by atoms with Crippen LogP contribution in [0.5, 0.6) is 11.5 Å². The number of hydrogen-bond donors (Lipinski definition) is 1. The quantitative estimate of drug-likeness (QED) is 0.616. The Kier molecular flexibility index (Phi) is 6.04. The van der Waals surface area contributed by atoms with Crippen molar-refractivity contribution in [3.05, 3.63) is 65.1 Å². The number of amides is 1. The lowest BCUT2D eigenvalue weighted by Gasteiger charge is -2.09. The van der Waals surface area contributed by atoms with Gasteiger partial charge in [0, 0.05) is 5.39 Å². The van der Waals surface area contributed by atoms with Gasteiger partial charge in [0.05, 0.1) is 24.7 Å². The predicted molar refractivity (Wildman–Crippen MR) is 102 cm³/mol. The Morgan fingerprint density at radius 1 is 1.07 bits per heavy atom. The zero-order chi connectivity index (χ0) is 19.1. The summed E-state index contributed by atoms with van der Waals surface area (Å²) < 4.78 is 12.1. The maximum Gasteiger partial charge on any atom is 0.275 e. The molecular formula is C20H21N3O4. The first-order chi connectivity index (χ1) is 13.2. The minimum atomic E-state index is -0.296. The van der Waals surface area contributed by atoms with E-state index in [4.69, 9.17) is 9.47 Å². The molecule has 0 radical (unpaired) electrons. The van der Waals surface area contributed by atoms with Gasteiger partial charge >= 0.3 is 0 Å². The lowest BCUT2D eigenvalue weighted by Crippen LogP contribution is -2.35. The normalized spacial score (nSPS) is 10.6. The number of ether oxygens (including phenoxy) is 2. The Morgan fingerprint density at radius 2 is 1.78 bits per heavy atom. The van der Waals surface area contributed by atoms with Crippen LogP contribution in [0.4, 0.5) is 0 Å². The molecule has 1 N–H and O–H groups in total. The molecule has 0 unspecified atom stereocenters. The summed E-state index contributed by atoms with van der Waals surface area (Å²) in [5.74, 6) is 1.18. The summed E-state index contributed by atoms with van der Waals surface area (Å²) in [6, 6.07) is 14.4. The third-order valence-corrected chi connectivity index (χ3v) is 3.88. The van der Waals surface area contributed by atoms with Crippen LogP contribution in [-0.4, -0.2) is 35.4 Å². The summed E-state index contributed by atoms with van der Waals surface area (Å²) in [7, 11) is 0. The van der Waals surface area contributed by atoms with Crippen molar-refractivity contribution in [2.24, 2.45) is 0 Å². The molecule has 1 aromatic heterocycles. The maximum atomic E-state index is 12.3. The van der Waals surface area contributed by atoms with E-state index in [9.17, 15) is 9.59 Å². The molecule has 0 aliphatic carbocycles. The number of carbonyl (C=O) groups is 1. The van der Waals surface area contributed by atoms with Gasteiger partial charge in [0.1, 0.15) is 24.7 Å². The lowest BCUT2D eigenvalue weighted by molar-refractivity contribution is -0.122. The van der Waals surface area contributed by atoms with Crippen molar-refractivity contribution < 1.29 is 14.3 Å². The molecule has 0 bridgehead atoms. The number of aromatic nitrogens is 2. The Bertz CT molecular complexity index is 967. The molecule has 0 saturated heterocycles. The van der Waals surface area contributed by atoms with Gasteiger partial charge in [-0.1, -0.05) is 18.2 Å². The van der Waals surface area contributed by atoms with Crippen LogP contribution >= 0.6 is 0 Å². The smallest absolute Gasteiger partial charge is 0.275 e. The fourth-order valence-corrected chi connectivity index (χ4v) is 2.59. The first-order valence-electron chi connectivity index (χ1n) is 8.74. The van der Waals surface area contributed by atoms with E-state index >= 15 is 0 Å². The predicted octanol–water partition coefficient (Wildman–Crippen LogP) is 1.99. The van der Waals surface area contributed by atoms with Crippen molar-refractivity contribution in [1.29, 1.82) is 0 Å². The third-order valence-electron chi connectivity index (χ3n) is 3.88. The van der Waals surface area contributed by atoms with Crippen LogP contribution in [-0.2, 0) is 11.3 Å². The zero-order valence-corrected chi connectivity index (χ0v) is 15.1. The van der Waals surface area contributed by atoms with Gasteiger partial charge < -0.3 is 14.8 Å². The summed E-state index contributed by atoms with van der Waals surface area (Å²) in [6.07, 6.45) is 1.58. The minimum absolute atomic E-state index is 0.132. The second-order valence-corrected chi connectivity index (χ2v) is 5.80. The Labute approximate surface area is 156 Å². The van der Waals surface area contributed by atoms with Crippen LogP contribution in [0.15, 0.2) is 59.5 Å². The molecular weight excluding hydrogens is 346 g/mol. The van der Waals surface area contributed by atoms with Crippen LogP contribution in [0.1, 0.15) is 6.92 Å². The molecule has 0 saturated carbocycles. The van der Waals surface area contributed by atoms with Gasteiger partial charge in [-0.3, -0.25) is 9.59 Å². The number of carbonyl (C=O) groups excluding carboxylic acids is 1. The number of benzene rings is 2. The summed E-state index contributed by atoms with van der Waals surface area (Å²) >= 11 is 0. The van der Waals surface area contributed by atoms with E-state index in [-0.39, 0.29) is 18.0 Å². The van der Waals surface area contributed by atoms with Crippen molar-refractivity contribution in [3.8, 4) is 11.5 Å². The van der Waals surface area contributed by atoms with E-state index in [2.05, 4.69) is 10.4 Å². The Hall–Kier alpha value is -3.35. The van der Waals surface area contributed by atoms with Crippen molar-refractivity contribution in [2.75, 3.05) is 19.8 Å². The first-order valence-corrected chi connectivity index (χ1v) is 8.74. The van der Waals surface area contributed by atoms with E-state index in [0.717, 1.165) is 15.8 Å². The number of rotatable bonds is 8. The fourth-order valence-electron chi connectivity index (χ4n) is 2.59. The summed E-state index contributed by atoms with van der Waals surface area (Å²) in [5, 5.41) is 8.06. The molecule has 140 valence electrons. The van der Waals surface area contributed by atoms with E-state index in [1.165, 1.54) is 0 Å². The molecule has 1 heterocycles. The molecule has 0 atom stereocenters. The fraction of sp³-hybridized carbons (Fsp3) is 0.250. The number of nitrogens with zero attached hydrogens (tertiary/aromatic N) is 2. The van der Waals surface area contributed by atoms with Crippen LogP contribution in [0.2, 0.25) is 0 Å². The molecule has 0 spiro atoms. The van der Waals surface area contributed by atoms with Crippen molar-refractivity contribution >= 4 is 16.7 Å².